The molecule has 1 aliphatic heterocycles. The van der Waals surface area contributed by atoms with Crippen molar-refractivity contribution in [3.05, 3.63) is 59.7 Å². The van der Waals surface area contributed by atoms with Crippen molar-refractivity contribution in [1.29, 1.82) is 5.26 Å². The summed E-state index contributed by atoms with van der Waals surface area (Å²) >= 11 is 0. The third-order valence-corrected chi connectivity index (χ3v) is 5.14. The Bertz CT molecular complexity index is 890. The van der Waals surface area contributed by atoms with Crippen molar-refractivity contribution in [3.63, 3.8) is 0 Å². The molecule has 5 heteroatoms. The molecule has 5 nitrogen and oxygen atoms in total. The van der Waals surface area contributed by atoms with E-state index in [0.717, 1.165) is 17.7 Å². The van der Waals surface area contributed by atoms with Crippen LogP contribution in [0.1, 0.15) is 30.4 Å². The lowest BCUT2D eigenvalue weighted by atomic mass is 9.75. The molecule has 0 N–H and O–H groups in total. The highest BCUT2D eigenvalue weighted by Gasteiger charge is 2.61. The summed E-state index contributed by atoms with van der Waals surface area (Å²) in [6.45, 7) is 1.99. The van der Waals surface area contributed by atoms with Gasteiger partial charge in [0, 0.05) is 5.69 Å². The molecule has 25 heavy (non-hydrogen) atoms. The van der Waals surface area contributed by atoms with Gasteiger partial charge in [0.1, 0.15) is 5.54 Å². The monoisotopic (exact) mass is 331 g/mol. The minimum Gasteiger partial charge on any atom is -0.278 e. The summed E-state index contributed by atoms with van der Waals surface area (Å²) in [6, 6.07) is 16.0. The number of urea groups is 1. The molecule has 1 saturated carbocycles. The van der Waals surface area contributed by atoms with Gasteiger partial charge in [0.15, 0.2) is 0 Å². The average molecular weight is 331 g/mol. The zero-order chi connectivity index (χ0) is 17.6. The Balaban J connectivity index is 1.78. The Kier molecular flexibility index (Phi) is 3.36. The smallest absolute Gasteiger partial charge is 0.278 e. The van der Waals surface area contributed by atoms with Gasteiger partial charge in [0.2, 0.25) is 0 Å². The molecule has 0 aromatic heterocycles. The van der Waals surface area contributed by atoms with E-state index in [0.29, 0.717) is 24.1 Å². The molecule has 0 bridgehead atoms. The second-order valence-electron chi connectivity index (χ2n) is 6.64. The normalized spacial score (nSPS) is 18.4. The van der Waals surface area contributed by atoms with Crippen molar-refractivity contribution < 1.29 is 9.59 Å². The lowest BCUT2D eigenvalue weighted by Crippen LogP contribution is -2.55. The average Bonchev–Trinajstić information content (AvgIpc) is 2.83. The zero-order valence-electron chi connectivity index (χ0n) is 13.9. The first-order valence-electron chi connectivity index (χ1n) is 8.32. The van der Waals surface area contributed by atoms with E-state index >= 15 is 0 Å². The standard InChI is InChI=1S/C20H17N3O2/c1-14-3-7-17(8-4-14)23-19(25)22(18(24)20(23)11-2-12-20)16-9-5-15(13-21)6-10-16/h3-10H,2,11-12H2,1H3. The van der Waals surface area contributed by atoms with Gasteiger partial charge < -0.3 is 0 Å². The van der Waals surface area contributed by atoms with Crippen LogP contribution in [0.5, 0.6) is 0 Å². The fourth-order valence-electron chi connectivity index (χ4n) is 3.59. The number of carbonyl (C=O) groups excluding carboxylic acids is 2. The Morgan fingerprint density at radius 3 is 2.08 bits per heavy atom. The molecular formula is C20H17N3O2. The molecule has 2 aromatic rings. The third kappa shape index (κ3) is 2.14. The van der Waals surface area contributed by atoms with Crippen molar-refractivity contribution in [2.24, 2.45) is 0 Å². The Morgan fingerprint density at radius 2 is 1.56 bits per heavy atom. The lowest BCUT2D eigenvalue weighted by molar-refractivity contribution is -0.123. The van der Waals surface area contributed by atoms with Gasteiger partial charge in [-0.3, -0.25) is 9.69 Å². The van der Waals surface area contributed by atoms with Crippen molar-refractivity contribution in [2.75, 3.05) is 9.80 Å². The highest BCUT2D eigenvalue weighted by Crippen LogP contribution is 2.47. The molecule has 1 saturated heterocycles. The van der Waals surface area contributed by atoms with Crippen molar-refractivity contribution in [3.8, 4) is 6.07 Å². The van der Waals surface area contributed by atoms with Gasteiger partial charge in [0.25, 0.3) is 5.91 Å². The number of aryl methyl sites for hydroxylation is 1. The van der Waals surface area contributed by atoms with Crippen LogP contribution in [-0.4, -0.2) is 17.5 Å². The number of carbonyl (C=O) groups is 2. The van der Waals surface area contributed by atoms with Crippen LogP contribution in [-0.2, 0) is 4.79 Å². The number of rotatable bonds is 2. The van der Waals surface area contributed by atoms with Crippen LogP contribution in [0.2, 0.25) is 0 Å². The SMILES string of the molecule is Cc1ccc(N2C(=O)N(c3ccc(C#N)cc3)C(=O)C23CCC3)cc1. The first-order valence-corrected chi connectivity index (χ1v) is 8.32. The van der Waals surface area contributed by atoms with Crippen LogP contribution < -0.4 is 9.80 Å². The number of nitrogens with zero attached hydrogens (tertiary/aromatic N) is 3. The fraction of sp³-hybridized carbons (Fsp3) is 0.250. The number of imide groups is 1. The first-order chi connectivity index (χ1) is 12.1. The van der Waals surface area contributed by atoms with Gasteiger partial charge in [-0.05, 0) is 62.6 Å². The quantitative estimate of drug-likeness (QED) is 0.787. The molecule has 1 aliphatic carbocycles. The summed E-state index contributed by atoms with van der Waals surface area (Å²) in [5.74, 6) is -0.172. The predicted molar refractivity (Wildman–Crippen MR) is 94.3 cm³/mol. The van der Waals surface area contributed by atoms with Crippen LogP contribution in [0, 0.1) is 18.3 Å². The molecule has 2 aromatic carbocycles. The molecule has 0 unspecified atom stereocenters. The van der Waals surface area contributed by atoms with Gasteiger partial charge in [-0.25, -0.2) is 9.69 Å². The zero-order valence-corrected chi connectivity index (χ0v) is 13.9. The van der Waals surface area contributed by atoms with Gasteiger partial charge in [-0.15, -0.1) is 0 Å². The second-order valence-corrected chi connectivity index (χ2v) is 6.64. The fourth-order valence-corrected chi connectivity index (χ4v) is 3.59. The molecule has 4 rings (SSSR count). The van der Waals surface area contributed by atoms with Crippen LogP contribution in [0.15, 0.2) is 48.5 Å². The molecule has 2 fully saturated rings. The van der Waals surface area contributed by atoms with E-state index in [4.69, 9.17) is 5.26 Å². The molecule has 1 spiro atoms. The van der Waals surface area contributed by atoms with Crippen LogP contribution in [0.3, 0.4) is 0 Å². The Labute approximate surface area is 146 Å². The maximum absolute atomic E-state index is 13.1. The highest BCUT2D eigenvalue weighted by atomic mass is 16.2. The summed E-state index contributed by atoms with van der Waals surface area (Å²) in [5.41, 5.74) is 2.10. The van der Waals surface area contributed by atoms with Crippen LogP contribution in [0.25, 0.3) is 0 Å². The van der Waals surface area contributed by atoms with E-state index in [-0.39, 0.29) is 11.9 Å². The summed E-state index contributed by atoms with van der Waals surface area (Å²) < 4.78 is 0. The molecule has 2 aliphatic rings. The van der Waals surface area contributed by atoms with Crippen LogP contribution in [0.4, 0.5) is 16.2 Å². The maximum Gasteiger partial charge on any atom is 0.336 e. The maximum atomic E-state index is 13.1. The highest BCUT2D eigenvalue weighted by molar-refractivity contribution is 6.30. The van der Waals surface area contributed by atoms with Crippen molar-refractivity contribution in [1.82, 2.24) is 0 Å². The van der Waals surface area contributed by atoms with Gasteiger partial charge in [-0.1, -0.05) is 17.7 Å². The molecule has 0 atom stereocenters. The van der Waals surface area contributed by atoms with E-state index in [2.05, 4.69) is 0 Å². The number of amides is 3. The number of hydrogen-bond donors (Lipinski definition) is 0. The van der Waals surface area contributed by atoms with Crippen molar-refractivity contribution >= 4 is 23.3 Å². The summed E-state index contributed by atoms with van der Waals surface area (Å²) in [4.78, 5) is 29.2. The molecular weight excluding hydrogens is 314 g/mol. The third-order valence-electron chi connectivity index (χ3n) is 5.14. The van der Waals surface area contributed by atoms with E-state index in [1.807, 2.05) is 37.3 Å². The largest absolute Gasteiger partial charge is 0.336 e. The first kappa shape index (κ1) is 15.4. The lowest BCUT2D eigenvalue weighted by Gasteiger charge is -2.42. The Morgan fingerprint density at radius 1 is 0.960 bits per heavy atom. The minimum atomic E-state index is -0.764. The number of hydrogen-bond acceptors (Lipinski definition) is 3. The van der Waals surface area contributed by atoms with E-state index in [1.165, 1.54) is 4.90 Å². The number of anilines is 2. The second kappa shape index (κ2) is 5.45. The summed E-state index contributed by atoms with van der Waals surface area (Å²) in [5, 5.41) is 8.94. The Hall–Kier alpha value is -3.13. The van der Waals surface area contributed by atoms with Gasteiger partial charge in [-0.2, -0.15) is 5.26 Å². The number of nitriles is 1. The summed E-state index contributed by atoms with van der Waals surface area (Å²) in [7, 11) is 0. The van der Waals surface area contributed by atoms with Crippen molar-refractivity contribution in [2.45, 2.75) is 31.7 Å². The molecule has 3 amide bonds. The van der Waals surface area contributed by atoms with Gasteiger partial charge >= 0.3 is 6.03 Å². The topological polar surface area (TPSA) is 64.4 Å². The van der Waals surface area contributed by atoms with Crippen LogP contribution >= 0.6 is 0 Å². The predicted octanol–water partition coefficient (Wildman–Crippen LogP) is 3.76. The van der Waals surface area contributed by atoms with E-state index < -0.39 is 5.54 Å². The molecule has 124 valence electrons. The van der Waals surface area contributed by atoms with E-state index in [9.17, 15) is 9.59 Å². The minimum absolute atomic E-state index is 0.172. The molecule has 1 heterocycles. The van der Waals surface area contributed by atoms with E-state index in [1.54, 1.807) is 29.2 Å². The van der Waals surface area contributed by atoms with Gasteiger partial charge in [0.05, 0.1) is 17.3 Å². The molecule has 0 radical (unpaired) electrons. The summed E-state index contributed by atoms with van der Waals surface area (Å²) in [6.07, 6.45) is 2.29. The number of benzene rings is 2.